The van der Waals surface area contributed by atoms with Crippen molar-refractivity contribution < 1.29 is 8.78 Å². The molecule has 0 aliphatic carbocycles. The van der Waals surface area contributed by atoms with Gasteiger partial charge in [-0.05, 0) is 0 Å². The molecule has 2 N–H and O–H groups in total. The normalized spacial score (nSPS) is 10.2. The van der Waals surface area contributed by atoms with Crippen LogP contribution in [0.1, 0.15) is 23.2 Å². The van der Waals surface area contributed by atoms with Crippen molar-refractivity contribution in [2.24, 2.45) is 0 Å². The largest absolute Gasteiger partial charge is 0.396 e. The summed E-state index contributed by atoms with van der Waals surface area (Å²) in [5, 5.41) is 8.54. The Hall–Kier alpha value is -1.41. The number of aromatic nitrogens is 1. The Morgan fingerprint density at radius 3 is 2.71 bits per heavy atom. The summed E-state index contributed by atoms with van der Waals surface area (Å²) in [6.07, 6.45) is -1.76. The van der Waals surface area contributed by atoms with Crippen molar-refractivity contribution in [1.29, 1.82) is 5.26 Å². The number of nitriles is 1. The Balaban J connectivity index is 3.38. The van der Waals surface area contributed by atoms with Gasteiger partial charge >= 0.3 is 0 Å². The van der Waals surface area contributed by atoms with E-state index in [2.05, 4.69) is 4.98 Å². The number of nitrogens with zero attached hydrogens (tertiary/aromatic N) is 2. The Labute approximate surface area is 84.1 Å². The molecule has 1 heterocycles. The Morgan fingerprint density at radius 2 is 2.29 bits per heavy atom. The van der Waals surface area contributed by atoms with Crippen LogP contribution in [0.3, 0.4) is 0 Å². The highest BCUT2D eigenvalue weighted by molar-refractivity contribution is 6.17. The molecule has 0 atom stereocenters. The van der Waals surface area contributed by atoms with Crippen molar-refractivity contribution in [3.05, 3.63) is 23.0 Å². The van der Waals surface area contributed by atoms with Gasteiger partial charge in [0.2, 0.25) is 0 Å². The summed E-state index contributed by atoms with van der Waals surface area (Å²) >= 11 is 5.46. The molecule has 0 aliphatic rings. The molecule has 0 spiro atoms. The summed E-state index contributed by atoms with van der Waals surface area (Å²) in [6, 6.07) is 1.70. The summed E-state index contributed by atoms with van der Waals surface area (Å²) in [6.45, 7) is 0. The van der Waals surface area contributed by atoms with Crippen LogP contribution in [0.5, 0.6) is 0 Å². The third-order valence-corrected chi connectivity index (χ3v) is 2.00. The highest BCUT2D eigenvalue weighted by Crippen LogP contribution is 2.28. The molecule has 0 aliphatic heterocycles. The summed E-state index contributed by atoms with van der Waals surface area (Å²) in [5.74, 6) is -0.164. The van der Waals surface area contributed by atoms with Gasteiger partial charge in [0.05, 0.1) is 11.6 Å². The van der Waals surface area contributed by atoms with Gasteiger partial charge in [-0.15, -0.1) is 11.6 Å². The topological polar surface area (TPSA) is 62.7 Å². The van der Waals surface area contributed by atoms with Crippen molar-refractivity contribution in [2.45, 2.75) is 12.3 Å². The van der Waals surface area contributed by atoms with Gasteiger partial charge < -0.3 is 5.73 Å². The van der Waals surface area contributed by atoms with Crippen LogP contribution < -0.4 is 5.73 Å². The van der Waals surface area contributed by atoms with E-state index < -0.39 is 6.43 Å². The molecule has 1 aromatic heterocycles. The smallest absolute Gasteiger partial charge is 0.265 e. The van der Waals surface area contributed by atoms with E-state index in [1.54, 1.807) is 6.07 Å². The van der Waals surface area contributed by atoms with Crippen LogP contribution in [0.15, 0.2) is 6.20 Å². The molecule has 1 aromatic rings. The number of rotatable bonds is 2. The zero-order valence-electron chi connectivity index (χ0n) is 6.97. The van der Waals surface area contributed by atoms with Gasteiger partial charge in [-0.3, -0.25) is 0 Å². The fourth-order valence-corrected chi connectivity index (χ4v) is 1.30. The molecule has 0 radical (unpaired) electrons. The van der Waals surface area contributed by atoms with Gasteiger partial charge in [0.15, 0.2) is 5.69 Å². The van der Waals surface area contributed by atoms with Crippen molar-refractivity contribution in [3.63, 3.8) is 0 Å². The lowest BCUT2D eigenvalue weighted by Gasteiger charge is -2.09. The lowest BCUT2D eigenvalue weighted by molar-refractivity contribution is 0.150. The van der Waals surface area contributed by atoms with E-state index in [9.17, 15) is 8.78 Å². The second kappa shape index (κ2) is 4.20. The summed E-state index contributed by atoms with van der Waals surface area (Å²) in [4.78, 5) is 3.50. The van der Waals surface area contributed by atoms with Gasteiger partial charge in [-0.25, -0.2) is 13.8 Å². The van der Waals surface area contributed by atoms with Gasteiger partial charge in [-0.1, -0.05) is 0 Å². The monoisotopic (exact) mass is 217 g/mol. The first-order chi connectivity index (χ1) is 6.61. The molecular formula is C8H6ClF2N3. The number of halogens is 3. The van der Waals surface area contributed by atoms with Crippen LogP contribution in [0.2, 0.25) is 0 Å². The zero-order chi connectivity index (χ0) is 10.7. The first-order valence-electron chi connectivity index (χ1n) is 3.63. The second-order valence-electron chi connectivity index (χ2n) is 2.50. The standard InChI is InChI=1S/C8H6ClF2N3/c9-1-4-5(8(10)11)3-14-6(2-12)7(4)13/h3,8H,1,13H2. The quantitative estimate of drug-likeness (QED) is 0.773. The minimum Gasteiger partial charge on any atom is -0.396 e. The average Bonchev–Trinajstić information content (AvgIpc) is 2.17. The van der Waals surface area contributed by atoms with Crippen molar-refractivity contribution in [2.75, 3.05) is 5.73 Å². The molecule has 3 nitrogen and oxygen atoms in total. The molecule has 0 amide bonds. The van der Waals surface area contributed by atoms with E-state index in [-0.39, 0.29) is 28.4 Å². The number of nitrogen functional groups attached to an aromatic ring is 1. The van der Waals surface area contributed by atoms with E-state index in [0.717, 1.165) is 6.20 Å². The summed E-state index contributed by atoms with van der Waals surface area (Å²) in [5.41, 5.74) is 5.05. The van der Waals surface area contributed by atoms with E-state index >= 15 is 0 Å². The maximum atomic E-state index is 12.4. The average molecular weight is 218 g/mol. The molecule has 0 aromatic carbocycles. The molecule has 0 fully saturated rings. The molecule has 74 valence electrons. The van der Waals surface area contributed by atoms with E-state index in [0.29, 0.717) is 0 Å². The van der Waals surface area contributed by atoms with Gasteiger partial charge in [0.25, 0.3) is 6.43 Å². The number of hydrogen-bond acceptors (Lipinski definition) is 3. The fourth-order valence-electron chi connectivity index (χ4n) is 1.01. The molecule has 0 saturated carbocycles. The highest BCUT2D eigenvalue weighted by Gasteiger charge is 2.17. The third-order valence-electron chi connectivity index (χ3n) is 1.74. The highest BCUT2D eigenvalue weighted by atomic mass is 35.5. The molecule has 14 heavy (non-hydrogen) atoms. The van der Waals surface area contributed by atoms with Crippen molar-refractivity contribution in [1.82, 2.24) is 4.98 Å². The molecule has 6 heteroatoms. The first kappa shape index (κ1) is 10.7. The van der Waals surface area contributed by atoms with Gasteiger partial charge in [0.1, 0.15) is 6.07 Å². The summed E-state index contributed by atoms with van der Waals surface area (Å²) in [7, 11) is 0. The molecule has 0 bridgehead atoms. The molecule has 0 unspecified atom stereocenters. The maximum Gasteiger partial charge on any atom is 0.265 e. The second-order valence-corrected chi connectivity index (χ2v) is 2.77. The Kier molecular flexibility index (Phi) is 3.20. The number of pyridine rings is 1. The van der Waals surface area contributed by atoms with E-state index in [1.807, 2.05) is 0 Å². The van der Waals surface area contributed by atoms with Gasteiger partial charge in [0, 0.05) is 17.3 Å². The molecule has 1 rings (SSSR count). The van der Waals surface area contributed by atoms with Gasteiger partial charge in [-0.2, -0.15) is 5.26 Å². The predicted octanol–water partition coefficient (Wildman–Crippen LogP) is 2.21. The van der Waals surface area contributed by atoms with Crippen LogP contribution in [-0.2, 0) is 5.88 Å². The van der Waals surface area contributed by atoms with E-state index in [1.165, 1.54) is 0 Å². The van der Waals surface area contributed by atoms with Crippen LogP contribution >= 0.6 is 11.6 Å². The fraction of sp³-hybridized carbons (Fsp3) is 0.250. The van der Waals surface area contributed by atoms with Crippen LogP contribution in [0, 0.1) is 11.3 Å². The Bertz CT molecular complexity index is 387. The van der Waals surface area contributed by atoms with Crippen molar-refractivity contribution >= 4 is 17.3 Å². The lowest BCUT2D eigenvalue weighted by atomic mass is 10.1. The SMILES string of the molecule is N#Cc1ncc(C(F)F)c(CCl)c1N. The molecular weight excluding hydrogens is 212 g/mol. The predicted molar refractivity (Wildman–Crippen MR) is 47.9 cm³/mol. The van der Waals surface area contributed by atoms with Crippen molar-refractivity contribution in [3.8, 4) is 6.07 Å². The minimum absolute atomic E-state index is 0.0692. The maximum absolute atomic E-state index is 12.4. The van der Waals surface area contributed by atoms with Crippen LogP contribution in [0.25, 0.3) is 0 Å². The number of hydrogen-bond donors (Lipinski definition) is 1. The number of alkyl halides is 3. The Morgan fingerprint density at radius 1 is 1.64 bits per heavy atom. The molecule has 0 saturated heterocycles. The lowest BCUT2D eigenvalue weighted by Crippen LogP contribution is -2.04. The summed E-state index contributed by atoms with van der Waals surface area (Å²) < 4.78 is 24.8. The van der Waals surface area contributed by atoms with Crippen LogP contribution in [-0.4, -0.2) is 4.98 Å². The van der Waals surface area contributed by atoms with Crippen LogP contribution in [0.4, 0.5) is 14.5 Å². The third kappa shape index (κ3) is 1.75. The number of nitrogens with two attached hydrogens (primary N) is 1. The zero-order valence-corrected chi connectivity index (χ0v) is 7.72. The minimum atomic E-state index is -2.69. The number of anilines is 1. The van der Waals surface area contributed by atoms with E-state index in [4.69, 9.17) is 22.6 Å². The first-order valence-corrected chi connectivity index (χ1v) is 4.16.